The second kappa shape index (κ2) is 10.9. The van der Waals surface area contributed by atoms with Crippen LogP contribution in [-0.2, 0) is 27.2 Å². The molecule has 0 spiro atoms. The molecule has 0 amide bonds. The smallest absolute Gasteiger partial charge is 0.332 e. The molecular formula is C25H35IN2O3. The first kappa shape index (κ1) is 24.2. The van der Waals surface area contributed by atoms with Crippen molar-refractivity contribution in [1.82, 2.24) is 9.78 Å². The summed E-state index contributed by atoms with van der Waals surface area (Å²) in [5, 5.41) is 5.00. The maximum atomic E-state index is 11.8. The van der Waals surface area contributed by atoms with Gasteiger partial charge in [-0.15, -0.1) is 0 Å². The molecule has 0 bridgehead atoms. The van der Waals surface area contributed by atoms with Crippen molar-refractivity contribution in [1.29, 1.82) is 0 Å². The van der Waals surface area contributed by atoms with E-state index in [9.17, 15) is 4.79 Å². The number of halogens is 1. The van der Waals surface area contributed by atoms with Crippen molar-refractivity contribution in [2.24, 2.45) is 11.8 Å². The third kappa shape index (κ3) is 7.04. The Labute approximate surface area is 200 Å². The van der Waals surface area contributed by atoms with Gasteiger partial charge in [-0.05, 0) is 87.3 Å². The van der Waals surface area contributed by atoms with Crippen molar-refractivity contribution in [2.75, 3.05) is 13.2 Å². The lowest BCUT2D eigenvalue weighted by molar-refractivity contribution is -0.160. The van der Waals surface area contributed by atoms with Crippen LogP contribution in [0.2, 0.25) is 0 Å². The lowest BCUT2D eigenvalue weighted by Crippen LogP contribution is -2.28. The maximum absolute atomic E-state index is 11.8. The van der Waals surface area contributed by atoms with E-state index in [-0.39, 0.29) is 12.6 Å². The minimum atomic E-state index is -0.458. The molecule has 1 heterocycles. The van der Waals surface area contributed by atoms with Gasteiger partial charge >= 0.3 is 5.97 Å². The van der Waals surface area contributed by atoms with Crippen LogP contribution >= 0.6 is 22.6 Å². The van der Waals surface area contributed by atoms with Crippen molar-refractivity contribution >= 4 is 28.6 Å². The highest BCUT2D eigenvalue weighted by Gasteiger charge is 2.25. The van der Waals surface area contributed by atoms with Crippen LogP contribution in [0.4, 0.5) is 0 Å². The standard InChI is InChI=1S/C25H35IN2O3/c1-5-21-23(26)24(20-9-7-6-8-10-20)27-28(21)15-18-11-13-19(14-12-18)16-30-17-22(29)31-25(2,3)4/h6-10,18-19H,5,11-17H2,1-4H3/t18-,19-. The fraction of sp³-hybridized carbons (Fsp3) is 0.600. The molecule has 0 unspecified atom stereocenters. The molecule has 2 aromatic rings. The number of nitrogens with zero attached hydrogens (tertiary/aromatic N) is 2. The maximum Gasteiger partial charge on any atom is 0.332 e. The lowest BCUT2D eigenvalue weighted by atomic mass is 9.82. The highest BCUT2D eigenvalue weighted by molar-refractivity contribution is 14.1. The van der Waals surface area contributed by atoms with Crippen molar-refractivity contribution in [2.45, 2.75) is 71.9 Å². The Balaban J connectivity index is 1.49. The quantitative estimate of drug-likeness (QED) is 0.311. The van der Waals surface area contributed by atoms with Crippen LogP contribution in [-0.4, -0.2) is 34.6 Å². The summed E-state index contributed by atoms with van der Waals surface area (Å²) in [7, 11) is 0. The molecule has 1 aliphatic rings. The summed E-state index contributed by atoms with van der Waals surface area (Å²) in [5.74, 6) is 0.893. The van der Waals surface area contributed by atoms with E-state index in [1.165, 1.54) is 27.7 Å². The van der Waals surface area contributed by atoms with Crippen molar-refractivity contribution in [3.05, 3.63) is 39.6 Å². The van der Waals surface area contributed by atoms with Crippen LogP contribution in [0, 0.1) is 15.4 Å². The number of carbonyl (C=O) groups is 1. The summed E-state index contributed by atoms with van der Waals surface area (Å²) < 4.78 is 14.5. The Morgan fingerprint density at radius 2 is 1.77 bits per heavy atom. The van der Waals surface area contributed by atoms with Gasteiger partial charge in [0.25, 0.3) is 0 Å². The summed E-state index contributed by atoms with van der Waals surface area (Å²) >= 11 is 2.45. The number of benzene rings is 1. The zero-order chi connectivity index (χ0) is 22.4. The first-order chi connectivity index (χ1) is 14.8. The molecule has 0 aliphatic heterocycles. The second-order valence-electron chi connectivity index (χ2n) is 9.50. The molecular weight excluding hydrogens is 503 g/mol. The molecule has 6 heteroatoms. The van der Waals surface area contributed by atoms with Gasteiger partial charge in [0.1, 0.15) is 17.9 Å². The SMILES string of the molecule is CCc1c(I)c(-c2ccccc2)nn1C[C@H]1CC[C@H](COCC(=O)OC(C)(C)C)CC1. The van der Waals surface area contributed by atoms with E-state index in [0.717, 1.165) is 31.5 Å². The third-order valence-electron chi connectivity index (χ3n) is 5.77. The predicted octanol–water partition coefficient (Wildman–Crippen LogP) is 5.88. The number of rotatable bonds is 8. The number of hydrogen-bond donors (Lipinski definition) is 0. The molecule has 0 saturated heterocycles. The van der Waals surface area contributed by atoms with Crippen LogP contribution in [0.3, 0.4) is 0 Å². The Morgan fingerprint density at radius 3 is 2.39 bits per heavy atom. The fourth-order valence-electron chi connectivity index (χ4n) is 4.25. The molecule has 0 atom stereocenters. The summed E-state index contributed by atoms with van der Waals surface area (Å²) in [6.07, 6.45) is 5.64. The summed E-state index contributed by atoms with van der Waals surface area (Å²) in [6, 6.07) is 10.5. The Bertz CT molecular complexity index is 850. The highest BCUT2D eigenvalue weighted by Crippen LogP contribution is 2.32. The van der Waals surface area contributed by atoms with E-state index < -0.39 is 5.60 Å². The minimum absolute atomic E-state index is 0.0467. The predicted molar refractivity (Wildman–Crippen MR) is 132 cm³/mol. The van der Waals surface area contributed by atoms with Crippen LogP contribution < -0.4 is 0 Å². The number of carbonyl (C=O) groups excluding carboxylic acids is 1. The van der Waals surface area contributed by atoms with Gasteiger partial charge in [0, 0.05) is 12.1 Å². The number of aromatic nitrogens is 2. The molecule has 1 aliphatic carbocycles. The monoisotopic (exact) mass is 538 g/mol. The van der Waals surface area contributed by atoms with Crippen LogP contribution in [0.25, 0.3) is 11.3 Å². The fourth-order valence-corrected chi connectivity index (χ4v) is 5.33. The van der Waals surface area contributed by atoms with Gasteiger partial charge in [0.2, 0.25) is 0 Å². The molecule has 0 N–H and O–H groups in total. The van der Waals surface area contributed by atoms with Crippen molar-refractivity contribution in [3.8, 4) is 11.3 Å². The van der Waals surface area contributed by atoms with Gasteiger partial charge in [-0.1, -0.05) is 37.3 Å². The molecule has 31 heavy (non-hydrogen) atoms. The highest BCUT2D eigenvalue weighted by atomic mass is 127. The topological polar surface area (TPSA) is 53.4 Å². The molecule has 0 radical (unpaired) electrons. The zero-order valence-electron chi connectivity index (χ0n) is 19.2. The Kier molecular flexibility index (Phi) is 8.56. The van der Waals surface area contributed by atoms with E-state index in [4.69, 9.17) is 14.6 Å². The molecule has 1 fully saturated rings. The van der Waals surface area contributed by atoms with Gasteiger partial charge in [-0.25, -0.2) is 4.79 Å². The molecule has 1 saturated carbocycles. The minimum Gasteiger partial charge on any atom is -0.458 e. The van der Waals surface area contributed by atoms with Gasteiger partial charge in [0.15, 0.2) is 0 Å². The van der Waals surface area contributed by atoms with E-state index in [1.54, 1.807) is 0 Å². The van der Waals surface area contributed by atoms with E-state index in [0.29, 0.717) is 18.4 Å². The zero-order valence-corrected chi connectivity index (χ0v) is 21.4. The lowest BCUT2D eigenvalue weighted by Gasteiger charge is -2.28. The number of hydrogen-bond acceptors (Lipinski definition) is 4. The second-order valence-corrected chi connectivity index (χ2v) is 10.6. The Hall–Kier alpha value is -1.41. The average Bonchev–Trinajstić information content (AvgIpc) is 3.03. The van der Waals surface area contributed by atoms with Gasteiger partial charge in [-0.2, -0.15) is 5.10 Å². The normalized spacial score (nSPS) is 19.4. The van der Waals surface area contributed by atoms with E-state index in [1.807, 2.05) is 26.8 Å². The van der Waals surface area contributed by atoms with Gasteiger partial charge in [0.05, 0.1) is 15.9 Å². The third-order valence-corrected chi connectivity index (χ3v) is 6.90. The van der Waals surface area contributed by atoms with Crippen LogP contribution in [0.5, 0.6) is 0 Å². The summed E-state index contributed by atoms with van der Waals surface area (Å²) in [6.45, 7) is 9.51. The molecule has 5 nitrogen and oxygen atoms in total. The first-order valence-electron chi connectivity index (χ1n) is 11.4. The summed E-state index contributed by atoms with van der Waals surface area (Å²) in [5.41, 5.74) is 3.16. The number of ether oxygens (including phenoxy) is 2. The Morgan fingerprint density at radius 1 is 1.13 bits per heavy atom. The van der Waals surface area contributed by atoms with Crippen molar-refractivity contribution in [3.63, 3.8) is 0 Å². The molecule has 170 valence electrons. The number of esters is 1. The largest absolute Gasteiger partial charge is 0.458 e. The molecule has 1 aromatic heterocycles. The van der Waals surface area contributed by atoms with E-state index >= 15 is 0 Å². The molecule has 1 aromatic carbocycles. The van der Waals surface area contributed by atoms with Crippen molar-refractivity contribution < 1.29 is 14.3 Å². The van der Waals surface area contributed by atoms with Crippen LogP contribution in [0.15, 0.2) is 30.3 Å². The summed E-state index contributed by atoms with van der Waals surface area (Å²) in [4.78, 5) is 11.8. The average molecular weight is 538 g/mol. The van der Waals surface area contributed by atoms with E-state index in [2.05, 4.69) is 58.5 Å². The van der Waals surface area contributed by atoms with Gasteiger partial charge < -0.3 is 9.47 Å². The van der Waals surface area contributed by atoms with Gasteiger partial charge in [-0.3, -0.25) is 4.68 Å². The molecule has 3 rings (SSSR count). The first-order valence-corrected chi connectivity index (χ1v) is 12.4. The van der Waals surface area contributed by atoms with Crippen LogP contribution in [0.1, 0.15) is 59.1 Å².